The molecule has 2 nitrogen and oxygen atoms in total. The molecule has 0 aliphatic rings. The van der Waals surface area contributed by atoms with Crippen LogP contribution in [-0.2, 0) is 0 Å². The number of hydrogen-bond donors (Lipinski definition) is 0. The molecule has 56 heavy (non-hydrogen) atoms. The van der Waals surface area contributed by atoms with E-state index in [0.717, 1.165) is 72.4 Å². The highest BCUT2D eigenvalue weighted by Gasteiger charge is 2.17. The van der Waals surface area contributed by atoms with Crippen LogP contribution in [0.25, 0.3) is 77.6 Å². The molecule has 0 N–H and O–H groups in total. The van der Waals surface area contributed by atoms with E-state index in [2.05, 4.69) is 223 Å². The van der Waals surface area contributed by atoms with E-state index in [1.807, 2.05) is 6.07 Å². The first-order chi connectivity index (χ1) is 27.8. The summed E-state index contributed by atoms with van der Waals surface area (Å²) in [5, 5.41) is 2.25. The van der Waals surface area contributed by atoms with Crippen molar-refractivity contribution in [2.24, 2.45) is 0 Å². The van der Waals surface area contributed by atoms with Crippen LogP contribution in [-0.4, -0.2) is 0 Å². The Morgan fingerprint density at radius 3 is 1.05 bits per heavy atom. The second-order valence-electron chi connectivity index (χ2n) is 14.1. The second-order valence-corrected chi connectivity index (χ2v) is 14.1. The number of benzene rings is 9. The molecular weight excluding hydrogens is 679 g/mol. The highest BCUT2D eigenvalue weighted by molar-refractivity contribution is 6.13. The van der Waals surface area contributed by atoms with Crippen LogP contribution < -0.4 is 4.90 Å². The van der Waals surface area contributed by atoms with Crippen LogP contribution in [0.2, 0.25) is 0 Å². The second kappa shape index (κ2) is 14.4. The van der Waals surface area contributed by atoms with Gasteiger partial charge in [0.25, 0.3) is 0 Å². The zero-order valence-electron chi connectivity index (χ0n) is 30.7. The Morgan fingerprint density at radius 1 is 0.250 bits per heavy atom. The van der Waals surface area contributed by atoms with E-state index in [4.69, 9.17) is 4.42 Å². The Hall–Kier alpha value is -7.42. The standard InChI is InChI=1S/C54H37NO/c1-4-13-38(14-5-1)40-25-31-46(32-26-40)55(47-33-27-41(28-34-47)39-15-6-2-7-16-39)48-35-29-42(30-36-48)44-19-10-20-45(37-44)50-22-12-24-52-51-23-11-21-49(53(51)56-54(50)52)43-17-8-3-9-18-43/h1-37H. The average molecular weight is 716 g/mol. The van der Waals surface area contributed by atoms with E-state index in [0.29, 0.717) is 0 Å². The van der Waals surface area contributed by atoms with E-state index >= 15 is 0 Å². The maximum absolute atomic E-state index is 6.75. The van der Waals surface area contributed by atoms with Crippen LogP contribution in [0.3, 0.4) is 0 Å². The minimum absolute atomic E-state index is 0.908. The summed E-state index contributed by atoms with van der Waals surface area (Å²) in [6.07, 6.45) is 0. The highest BCUT2D eigenvalue weighted by Crippen LogP contribution is 2.41. The predicted octanol–water partition coefficient (Wildman–Crippen LogP) is 15.4. The van der Waals surface area contributed by atoms with Crippen molar-refractivity contribution in [2.45, 2.75) is 0 Å². The molecule has 0 amide bonds. The molecule has 9 aromatic carbocycles. The summed E-state index contributed by atoms with van der Waals surface area (Å²) in [6, 6.07) is 79.8. The molecule has 0 fully saturated rings. The van der Waals surface area contributed by atoms with Gasteiger partial charge in [-0.1, -0.05) is 182 Å². The minimum Gasteiger partial charge on any atom is -0.455 e. The molecule has 0 unspecified atom stereocenters. The van der Waals surface area contributed by atoms with Crippen LogP contribution in [0.4, 0.5) is 17.1 Å². The van der Waals surface area contributed by atoms with Crippen molar-refractivity contribution >= 4 is 39.0 Å². The van der Waals surface area contributed by atoms with Crippen molar-refractivity contribution in [3.63, 3.8) is 0 Å². The summed E-state index contributed by atoms with van der Waals surface area (Å²) < 4.78 is 6.75. The molecule has 2 heteroatoms. The van der Waals surface area contributed by atoms with Crippen molar-refractivity contribution in [1.29, 1.82) is 0 Å². The van der Waals surface area contributed by atoms with Gasteiger partial charge in [-0.3, -0.25) is 0 Å². The summed E-state index contributed by atoms with van der Waals surface area (Å²) in [4.78, 5) is 2.33. The quantitative estimate of drug-likeness (QED) is 0.156. The van der Waals surface area contributed by atoms with Crippen molar-refractivity contribution in [1.82, 2.24) is 0 Å². The normalized spacial score (nSPS) is 11.2. The first-order valence-corrected chi connectivity index (χ1v) is 19.1. The maximum Gasteiger partial charge on any atom is 0.143 e. The number of para-hydroxylation sites is 2. The van der Waals surface area contributed by atoms with Gasteiger partial charge in [-0.15, -0.1) is 0 Å². The van der Waals surface area contributed by atoms with E-state index in [1.54, 1.807) is 0 Å². The molecule has 1 heterocycles. The molecule has 0 bridgehead atoms. The Kier molecular flexibility index (Phi) is 8.55. The summed E-state index contributed by atoms with van der Waals surface area (Å²) in [6.45, 7) is 0. The number of anilines is 3. The van der Waals surface area contributed by atoms with Gasteiger partial charge >= 0.3 is 0 Å². The molecule has 1 aromatic heterocycles. The zero-order chi connectivity index (χ0) is 37.3. The number of furan rings is 1. The number of rotatable bonds is 8. The molecule has 0 saturated carbocycles. The van der Waals surface area contributed by atoms with E-state index in [1.165, 1.54) is 22.3 Å². The summed E-state index contributed by atoms with van der Waals surface area (Å²) in [7, 11) is 0. The monoisotopic (exact) mass is 715 g/mol. The van der Waals surface area contributed by atoms with E-state index in [-0.39, 0.29) is 0 Å². The first kappa shape index (κ1) is 33.2. The van der Waals surface area contributed by atoms with E-state index < -0.39 is 0 Å². The lowest BCUT2D eigenvalue weighted by Gasteiger charge is -2.26. The lowest BCUT2D eigenvalue weighted by Crippen LogP contribution is -2.09. The van der Waals surface area contributed by atoms with Crippen LogP contribution in [0.15, 0.2) is 229 Å². The molecule has 0 radical (unpaired) electrons. The third-order valence-corrected chi connectivity index (χ3v) is 10.7. The summed E-state index contributed by atoms with van der Waals surface area (Å²) >= 11 is 0. The van der Waals surface area contributed by atoms with Crippen LogP contribution in [0, 0.1) is 0 Å². The smallest absolute Gasteiger partial charge is 0.143 e. The average Bonchev–Trinajstić information content (AvgIpc) is 3.68. The van der Waals surface area contributed by atoms with Crippen LogP contribution >= 0.6 is 0 Å². The molecule has 0 spiro atoms. The fourth-order valence-corrected chi connectivity index (χ4v) is 7.88. The number of nitrogens with zero attached hydrogens (tertiary/aromatic N) is 1. The third-order valence-electron chi connectivity index (χ3n) is 10.7. The van der Waals surface area contributed by atoms with Crippen molar-refractivity contribution in [3.05, 3.63) is 224 Å². The van der Waals surface area contributed by atoms with Gasteiger partial charge in [0.15, 0.2) is 0 Å². The van der Waals surface area contributed by atoms with Crippen molar-refractivity contribution in [2.75, 3.05) is 4.90 Å². The molecular formula is C54H37NO. The van der Waals surface area contributed by atoms with Crippen molar-refractivity contribution in [3.8, 4) is 55.6 Å². The lowest BCUT2D eigenvalue weighted by molar-refractivity contribution is 0.671. The lowest BCUT2D eigenvalue weighted by atomic mass is 9.97. The van der Waals surface area contributed by atoms with Crippen LogP contribution in [0.5, 0.6) is 0 Å². The predicted molar refractivity (Wildman–Crippen MR) is 236 cm³/mol. The molecule has 264 valence electrons. The van der Waals surface area contributed by atoms with E-state index in [9.17, 15) is 0 Å². The van der Waals surface area contributed by atoms with Gasteiger partial charge < -0.3 is 9.32 Å². The molecule has 0 atom stereocenters. The number of fused-ring (bicyclic) bond motifs is 3. The van der Waals surface area contributed by atoms with Gasteiger partial charge in [-0.2, -0.15) is 0 Å². The van der Waals surface area contributed by atoms with Gasteiger partial charge in [0.2, 0.25) is 0 Å². The third kappa shape index (κ3) is 6.24. The summed E-state index contributed by atoms with van der Waals surface area (Å²) in [5.41, 5.74) is 16.7. The van der Waals surface area contributed by atoms with Crippen molar-refractivity contribution < 1.29 is 4.42 Å². The summed E-state index contributed by atoms with van der Waals surface area (Å²) in [5.74, 6) is 0. The van der Waals surface area contributed by atoms with Crippen LogP contribution in [0.1, 0.15) is 0 Å². The highest BCUT2D eigenvalue weighted by atomic mass is 16.3. The Morgan fingerprint density at radius 2 is 0.589 bits per heavy atom. The number of hydrogen-bond acceptors (Lipinski definition) is 2. The SMILES string of the molecule is c1ccc(-c2ccc(N(c3ccc(-c4ccccc4)cc3)c3ccc(-c4cccc(-c5cccc6c5oc5c(-c7ccccc7)cccc56)c4)cc3)cc2)cc1. The Bertz CT molecular complexity index is 2830. The molecule has 0 aliphatic heterocycles. The topological polar surface area (TPSA) is 16.4 Å². The van der Waals surface area contributed by atoms with Gasteiger partial charge in [-0.25, -0.2) is 0 Å². The molecule has 0 aliphatic carbocycles. The fraction of sp³-hybridized carbons (Fsp3) is 0. The van der Waals surface area contributed by atoms with Gasteiger partial charge in [0.05, 0.1) is 0 Å². The molecule has 10 aromatic rings. The molecule has 10 rings (SSSR count). The first-order valence-electron chi connectivity index (χ1n) is 19.1. The van der Waals surface area contributed by atoms with Gasteiger partial charge in [0.1, 0.15) is 11.2 Å². The van der Waals surface area contributed by atoms with Gasteiger partial charge in [-0.05, 0) is 87.0 Å². The maximum atomic E-state index is 6.75. The molecule has 0 saturated heterocycles. The van der Waals surface area contributed by atoms with Gasteiger partial charge in [0, 0.05) is 39.0 Å². The largest absolute Gasteiger partial charge is 0.455 e. The fourth-order valence-electron chi connectivity index (χ4n) is 7.88. The zero-order valence-corrected chi connectivity index (χ0v) is 30.7. The Labute approximate surface area is 327 Å². The Balaban J connectivity index is 1.00. The minimum atomic E-state index is 0.908.